The lowest BCUT2D eigenvalue weighted by Gasteiger charge is -2.26. The second kappa shape index (κ2) is 16.3. The van der Waals surface area contributed by atoms with Crippen LogP contribution in [0, 0.1) is 12.3 Å². The average molecular weight is 507 g/mol. The molecule has 2 amide bonds. The molecule has 0 bridgehead atoms. The summed E-state index contributed by atoms with van der Waals surface area (Å²) in [5.74, 6) is -0.301. The Balaban J connectivity index is 0.000000836. The van der Waals surface area contributed by atoms with Crippen LogP contribution in [-0.4, -0.2) is 44.6 Å². The minimum absolute atomic E-state index is 0.301. The molecule has 0 aliphatic carbocycles. The number of amides is 2. The summed E-state index contributed by atoms with van der Waals surface area (Å²) in [6, 6.07) is 10.3. The zero-order valence-corrected chi connectivity index (χ0v) is 23.2. The number of aliphatic imine (C=N–C) groups is 1. The lowest BCUT2D eigenvalue weighted by Crippen LogP contribution is -2.27. The van der Waals surface area contributed by atoms with Gasteiger partial charge in [0.1, 0.15) is 0 Å². The zero-order chi connectivity index (χ0) is 26.3. The second-order valence-electron chi connectivity index (χ2n) is 8.32. The molecular formula is C26H39ClN4O2S. The number of para-hydroxylation sites is 1. The molecule has 8 heteroatoms. The van der Waals surface area contributed by atoms with Gasteiger partial charge in [-0.25, -0.2) is 0 Å². The third-order valence-electron chi connectivity index (χ3n) is 4.77. The maximum atomic E-state index is 12.4. The normalized spacial score (nSPS) is 10.3. The molecule has 6 nitrogen and oxygen atoms in total. The van der Waals surface area contributed by atoms with Gasteiger partial charge in [-0.1, -0.05) is 58.4 Å². The van der Waals surface area contributed by atoms with Gasteiger partial charge in [0.25, 0.3) is 5.91 Å². The van der Waals surface area contributed by atoms with Gasteiger partial charge >= 0.3 is 0 Å². The summed E-state index contributed by atoms with van der Waals surface area (Å²) in [6.07, 6.45) is 1.81. The Hall–Kier alpha value is -2.35. The molecule has 2 N–H and O–H groups in total. The van der Waals surface area contributed by atoms with Gasteiger partial charge in [0.2, 0.25) is 6.41 Å². The SMILES string of the molecule is C=Nc1ccc(C(=O)Nc2c(C)cccc2Cl)cc1SNC=O.CC.CCC(C)(C)CN(C)C. The van der Waals surface area contributed by atoms with Crippen LogP contribution in [0.5, 0.6) is 0 Å². The highest BCUT2D eigenvalue weighted by Gasteiger charge is 2.15. The summed E-state index contributed by atoms with van der Waals surface area (Å²) in [5, 5.41) is 3.27. The van der Waals surface area contributed by atoms with Crippen molar-refractivity contribution in [1.82, 2.24) is 9.62 Å². The highest BCUT2D eigenvalue weighted by atomic mass is 35.5. The maximum absolute atomic E-state index is 12.4. The van der Waals surface area contributed by atoms with Crippen LogP contribution in [0.3, 0.4) is 0 Å². The third-order valence-corrected chi connectivity index (χ3v) is 5.85. The van der Waals surface area contributed by atoms with Crippen molar-refractivity contribution < 1.29 is 9.59 Å². The summed E-state index contributed by atoms with van der Waals surface area (Å²) in [4.78, 5) is 29.6. The molecule has 0 radical (unpaired) electrons. The smallest absolute Gasteiger partial charge is 0.255 e. The monoisotopic (exact) mass is 506 g/mol. The van der Waals surface area contributed by atoms with Crippen LogP contribution in [0.15, 0.2) is 46.3 Å². The van der Waals surface area contributed by atoms with Crippen molar-refractivity contribution in [3.05, 3.63) is 52.5 Å². The first kappa shape index (κ1) is 31.6. The van der Waals surface area contributed by atoms with Crippen molar-refractivity contribution >= 4 is 54.0 Å². The summed E-state index contributed by atoms with van der Waals surface area (Å²) in [5.41, 5.74) is 2.93. The number of rotatable bonds is 9. The van der Waals surface area contributed by atoms with E-state index in [1.165, 1.54) is 13.0 Å². The molecule has 0 heterocycles. The summed E-state index contributed by atoms with van der Waals surface area (Å²) < 4.78 is 2.47. The van der Waals surface area contributed by atoms with E-state index in [0.29, 0.717) is 38.7 Å². The number of nitrogens with zero attached hydrogens (tertiary/aromatic N) is 2. The Morgan fingerprint density at radius 3 is 2.35 bits per heavy atom. The standard InChI is InChI=1S/C16H14ClN3O2S.C8H19N.C2H6/c1-10-4-3-5-12(17)15(10)20-16(22)11-6-7-13(18-2)14(8-11)23-19-9-21;1-6-8(2,3)7-9(4)5;1-2/h3-9H,2H2,1H3,(H,19,21)(H,20,22);6-7H2,1-5H3;1-2H3. The first-order valence-corrected chi connectivity index (χ1v) is 12.4. The molecule has 0 saturated heterocycles. The Morgan fingerprint density at radius 2 is 1.88 bits per heavy atom. The first-order chi connectivity index (χ1) is 16.0. The largest absolute Gasteiger partial charge is 0.320 e. The van der Waals surface area contributed by atoms with E-state index in [-0.39, 0.29) is 5.91 Å². The number of nitrogens with one attached hydrogen (secondary N) is 2. The van der Waals surface area contributed by atoms with Gasteiger partial charge in [0, 0.05) is 12.1 Å². The van der Waals surface area contributed by atoms with Crippen molar-refractivity contribution in [3.63, 3.8) is 0 Å². The number of halogens is 1. The van der Waals surface area contributed by atoms with Crippen molar-refractivity contribution in [2.45, 2.75) is 52.9 Å². The predicted octanol–water partition coefficient (Wildman–Crippen LogP) is 7.00. The molecule has 0 spiro atoms. The van der Waals surface area contributed by atoms with E-state index in [4.69, 9.17) is 11.6 Å². The molecule has 0 fully saturated rings. The number of hydrogen-bond donors (Lipinski definition) is 2. The number of anilines is 1. The van der Waals surface area contributed by atoms with Gasteiger partial charge in [-0.2, -0.15) is 0 Å². The lowest BCUT2D eigenvalue weighted by molar-refractivity contribution is -0.107. The minimum Gasteiger partial charge on any atom is -0.320 e. The lowest BCUT2D eigenvalue weighted by atomic mass is 9.90. The third kappa shape index (κ3) is 11.2. The van der Waals surface area contributed by atoms with E-state index in [9.17, 15) is 9.59 Å². The van der Waals surface area contributed by atoms with Crippen LogP contribution in [-0.2, 0) is 4.79 Å². The van der Waals surface area contributed by atoms with Crippen molar-refractivity contribution in [1.29, 1.82) is 0 Å². The summed E-state index contributed by atoms with van der Waals surface area (Å²) in [7, 11) is 4.24. The van der Waals surface area contributed by atoms with Gasteiger partial charge in [0.05, 0.1) is 21.3 Å². The zero-order valence-electron chi connectivity index (χ0n) is 21.7. The van der Waals surface area contributed by atoms with Crippen molar-refractivity contribution in [2.24, 2.45) is 10.4 Å². The number of benzene rings is 2. The van der Waals surface area contributed by atoms with E-state index in [1.54, 1.807) is 24.3 Å². The molecule has 34 heavy (non-hydrogen) atoms. The fourth-order valence-electron chi connectivity index (χ4n) is 2.90. The molecule has 0 aliphatic heterocycles. The Morgan fingerprint density at radius 1 is 1.24 bits per heavy atom. The molecule has 2 rings (SSSR count). The van der Waals surface area contributed by atoms with Crippen LogP contribution in [0.1, 0.15) is 57.0 Å². The fraction of sp³-hybridized carbons (Fsp3) is 0.423. The molecule has 2 aromatic carbocycles. The fourth-order valence-corrected chi connectivity index (χ4v) is 3.77. The average Bonchev–Trinajstić information content (AvgIpc) is 2.80. The predicted molar refractivity (Wildman–Crippen MR) is 149 cm³/mol. The molecule has 0 unspecified atom stereocenters. The quantitative estimate of drug-likeness (QED) is 0.218. The van der Waals surface area contributed by atoms with Crippen LogP contribution < -0.4 is 10.0 Å². The highest BCUT2D eigenvalue weighted by molar-refractivity contribution is 7.98. The van der Waals surface area contributed by atoms with E-state index in [1.807, 2.05) is 32.9 Å². The summed E-state index contributed by atoms with van der Waals surface area (Å²) in [6.45, 7) is 17.4. The Bertz CT molecular complexity index is 913. The number of hydrogen-bond acceptors (Lipinski definition) is 5. The van der Waals surface area contributed by atoms with Gasteiger partial charge < -0.3 is 10.2 Å². The molecular weight excluding hydrogens is 468 g/mol. The Labute approximate surface area is 214 Å². The minimum atomic E-state index is -0.301. The van der Waals surface area contributed by atoms with Crippen LogP contribution in [0.25, 0.3) is 0 Å². The number of aryl methyl sites for hydroxylation is 1. The van der Waals surface area contributed by atoms with Gasteiger partial charge in [0.15, 0.2) is 0 Å². The van der Waals surface area contributed by atoms with E-state index >= 15 is 0 Å². The highest BCUT2D eigenvalue weighted by Crippen LogP contribution is 2.30. The van der Waals surface area contributed by atoms with Crippen molar-refractivity contribution in [3.8, 4) is 0 Å². The topological polar surface area (TPSA) is 73.8 Å². The molecule has 0 aromatic heterocycles. The second-order valence-corrected chi connectivity index (χ2v) is 9.61. The van der Waals surface area contributed by atoms with Crippen LogP contribution >= 0.6 is 23.5 Å². The summed E-state index contributed by atoms with van der Waals surface area (Å²) >= 11 is 7.18. The molecule has 188 valence electrons. The molecule has 0 atom stereocenters. The van der Waals surface area contributed by atoms with Gasteiger partial charge in [-0.05, 0) is 81.3 Å². The Kier molecular flexibility index (Phi) is 15.2. The molecule has 2 aromatic rings. The maximum Gasteiger partial charge on any atom is 0.255 e. The number of carbonyl (C=O) groups is 2. The van der Waals surface area contributed by atoms with E-state index < -0.39 is 0 Å². The van der Waals surface area contributed by atoms with Crippen LogP contribution in [0.2, 0.25) is 5.02 Å². The van der Waals surface area contributed by atoms with Crippen LogP contribution in [0.4, 0.5) is 11.4 Å². The van der Waals surface area contributed by atoms with Gasteiger partial charge in [-0.3, -0.25) is 19.3 Å². The molecule has 0 aliphatic rings. The first-order valence-electron chi connectivity index (χ1n) is 11.2. The number of carbonyl (C=O) groups excluding carboxylic acids is 2. The van der Waals surface area contributed by atoms with E-state index in [0.717, 1.165) is 17.5 Å². The van der Waals surface area contributed by atoms with Gasteiger partial charge in [-0.15, -0.1) is 0 Å². The molecule has 0 saturated carbocycles. The van der Waals surface area contributed by atoms with E-state index in [2.05, 4.69) is 61.5 Å². The van der Waals surface area contributed by atoms with Crippen molar-refractivity contribution in [2.75, 3.05) is 26.0 Å².